The maximum atomic E-state index is 14.2. The Bertz CT molecular complexity index is 1990. The summed E-state index contributed by atoms with van der Waals surface area (Å²) < 4.78 is 14.2. The fourth-order valence-electron chi connectivity index (χ4n) is 5.20. The van der Waals surface area contributed by atoms with E-state index in [0.717, 1.165) is 51.8 Å². The molecule has 0 atom stereocenters. The first kappa shape index (κ1) is 24.8. The van der Waals surface area contributed by atoms with E-state index in [1.54, 1.807) is 6.20 Å². The van der Waals surface area contributed by atoms with E-state index in [-0.39, 0.29) is 5.82 Å². The van der Waals surface area contributed by atoms with Crippen LogP contribution in [-0.4, -0.2) is 30.1 Å². The predicted octanol–water partition coefficient (Wildman–Crippen LogP) is 6.97. The number of hydrogen-bond acceptors (Lipinski definition) is 5. The van der Waals surface area contributed by atoms with Crippen LogP contribution in [0, 0.1) is 12.7 Å². The predicted molar refractivity (Wildman–Crippen MR) is 159 cm³/mol. The molecule has 3 N–H and O–H groups in total. The maximum absolute atomic E-state index is 14.2. The fourth-order valence-corrected chi connectivity index (χ4v) is 5.20. The lowest BCUT2D eigenvalue weighted by Crippen LogP contribution is -2.12. The van der Waals surface area contributed by atoms with Crippen LogP contribution in [0.25, 0.3) is 55.8 Å². The van der Waals surface area contributed by atoms with Crippen LogP contribution in [0.3, 0.4) is 0 Å². The minimum absolute atomic E-state index is 0.300. The van der Waals surface area contributed by atoms with Crippen molar-refractivity contribution in [2.75, 3.05) is 0 Å². The first-order valence-electron chi connectivity index (χ1n) is 13.4. The molecule has 4 aromatic heterocycles. The van der Waals surface area contributed by atoms with Gasteiger partial charge in [0.05, 0.1) is 16.7 Å². The highest BCUT2D eigenvalue weighted by Gasteiger charge is 2.17. The molecule has 0 radical (unpaired) electrons. The van der Waals surface area contributed by atoms with Gasteiger partial charge in [-0.05, 0) is 71.6 Å². The van der Waals surface area contributed by atoms with Crippen LogP contribution >= 0.6 is 0 Å². The van der Waals surface area contributed by atoms with Crippen molar-refractivity contribution in [3.63, 3.8) is 0 Å². The quantitative estimate of drug-likeness (QED) is 0.203. The Morgan fingerprint density at radius 1 is 0.780 bits per heavy atom. The second-order valence-electron chi connectivity index (χ2n) is 10.2. The summed E-state index contributed by atoms with van der Waals surface area (Å²) in [6, 6.07) is 25.5. The third-order valence-corrected chi connectivity index (χ3v) is 7.13. The van der Waals surface area contributed by atoms with Gasteiger partial charge in [0, 0.05) is 48.2 Å². The lowest BCUT2D eigenvalue weighted by Gasteiger charge is -2.07. The minimum Gasteiger partial charge on any atom is -0.336 e. The van der Waals surface area contributed by atoms with Gasteiger partial charge in [-0.15, -0.1) is 0 Å². The molecular weight excluding hydrogens is 513 g/mol. The zero-order valence-corrected chi connectivity index (χ0v) is 22.3. The third kappa shape index (κ3) is 4.97. The van der Waals surface area contributed by atoms with E-state index < -0.39 is 0 Å². The number of aromatic nitrogens is 6. The summed E-state index contributed by atoms with van der Waals surface area (Å²) in [6.45, 7) is 3.38. The monoisotopic (exact) mass is 539 g/mol. The maximum Gasteiger partial charge on any atom is 0.159 e. The Kier molecular flexibility index (Phi) is 6.29. The highest BCUT2D eigenvalue weighted by atomic mass is 19.1. The van der Waals surface area contributed by atoms with Gasteiger partial charge in [-0.2, -0.15) is 5.10 Å². The van der Waals surface area contributed by atoms with Crippen LogP contribution in [-0.2, 0) is 13.1 Å². The van der Waals surface area contributed by atoms with Gasteiger partial charge in [0.15, 0.2) is 5.82 Å². The minimum atomic E-state index is -0.300. The van der Waals surface area contributed by atoms with Gasteiger partial charge >= 0.3 is 0 Å². The molecule has 0 amide bonds. The Morgan fingerprint density at radius 3 is 2.54 bits per heavy atom. The third-order valence-electron chi connectivity index (χ3n) is 7.13. The van der Waals surface area contributed by atoms with Crippen molar-refractivity contribution >= 4 is 21.9 Å². The lowest BCUT2D eigenvalue weighted by atomic mass is 10.0. The summed E-state index contributed by atoms with van der Waals surface area (Å²) in [5, 5.41) is 12.1. The number of nitrogens with zero attached hydrogens (tertiary/aromatic N) is 4. The summed E-state index contributed by atoms with van der Waals surface area (Å²) >= 11 is 0. The van der Waals surface area contributed by atoms with E-state index in [1.807, 2.05) is 55.7 Å². The van der Waals surface area contributed by atoms with E-state index in [0.29, 0.717) is 28.3 Å². The largest absolute Gasteiger partial charge is 0.336 e. The van der Waals surface area contributed by atoms with E-state index in [9.17, 15) is 4.39 Å². The number of aromatic amines is 2. The summed E-state index contributed by atoms with van der Waals surface area (Å²) in [4.78, 5) is 17.3. The van der Waals surface area contributed by atoms with Gasteiger partial charge in [0.25, 0.3) is 0 Å². The molecule has 0 spiro atoms. The van der Waals surface area contributed by atoms with Crippen molar-refractivity contribution < 1.29 is 4.39 Å². The average Bonchev–Trinajstić information content (AvgIpc) is 3.61. The van der Waals surface area contributed by atoms with Gasteiger partial charge in [0.2, 0.25) is 0 Å². The molecule has 8 heteroatoms. The van der Waals surface area contributed by atoms with Gasteiger partial charge in [0.1, 0.15) is 17.0 Å². The van der Waals surface area contributed by atoms with Crippen molar-refractivity contribution in [1.29, 1.82) is 0 Å². The zero-order chi connectivity index (χ0) is 27.8. The molecule has 7 rings (SSSR count). The van der Waals surface area contributed by atoms with Crippen LogP contribution in [0.2, 0.25) is 0 Å². The molecule has 0 saturated carbocycles. The van der Waals surface area contributed by atoms with Crippen molar-refractivity contribution in [3.8, 4) is 33.9 Å². The van der Waals surface area contributed by atoms with Gasteiger partial charge in [-0.3, -0.25) is 15.1 Å². The highest BCUT2D eigenvalue weighted by Crippen LogP contribution is 2.33. The molecular formula is C33H26FN7. The molecule has 0 bridgehead atoms. The number of aryl methyl sites for hydroxylation is 1. The van der Waals surface area contributed by atoms with E-state index in [1.165, 1.54) is 17.7 Å². The average molecular weight is 540 g/mol. The van der Waals surface area contributed by atoms with Crippen molar-refractivity contribution in [1.82, 2.24) is 35.5 Å². The number of nitrogens with one attached hydrogen (secondary N) is 3. The molecule has 0 unspecified atom stereocenters. The molecule has 7 aromatic rings. The number of pyridine rings is 2. The smallest absolute Gasteiger partial charge is 0.159 e. The Morgan fingerprint density at radius 2 is 1.66 bits per heavy atom. The molecule has 41 heavy (non-hydrogen) atoms. The van der Waals surface area contributed by atoms with E-state index in [4.69, 9.17) is 4.98 Å². The summed E-state index contributed by atoms with van der Waals surface area (Å²) in [6.07, 6.45) is 5.47. The molecule has 0 aliphatic heterocycles. The van der Waals surface area contributed by atoms with Crippen molar-refractivity contribution in [2.45, 2.75) is 20.0 Å². The summed E-state index contributed by atoms with van der Waals surface area (Å²) in [5.41, 5.74) is 9.62. The number of rotatable bonds is 7. The molecule has 3 aromatic carbocycles. The molecule has 0 saturated heterocycles. The van der Waals surface area contributed by atoms with E-state index in [2.05, 4.69) is 60.8 Å². The standard InChI is InChI=1S/C33H26FN7/c1-20-11-24(14-26(34)12-20)30-32-29(9-10-37-30)38-33(39-32)31-27-15-23(7-8-28(27)40-41-31)25-13-22(18-36-19-25)17-35-16-21-5-3-2-4-6-21/h2-15,18-19,35H,16-17H2,1H3,(H,38,39)(H,40,41). The Balaban J connectivity index is 1.21. The zero-order valence-electron chi connectivity index (χ0n) is 22.3. The summed E-state index contributed by atoms with van der Waals surface area (Å²) in [7, 11) is 0. The summed E-state index contributed by atoms with van der Waals surface area (Å²) in [5.74, 6) is 0.314. The van der Waals surface area contributed by atoms with Gasteiger partial charge in [-0.1, -0.05) is 36.4 Å². The second kappa shape index (κ2) is 10.4. The number of imidazole rings is 1. The Labute approximate surface area is 235 Å². The first-order chi connectivity index (χ1) is 20.1. The van der Waals surface area contributed by atoms with Crippen LogP contribution < -0.4 is 5.32 Å². The molecule has 0 fully saturated rings. The normalized spacial score (nSPS) is 11.5. The van der Waals surface area contributed by atoms with Crippen LogP contribution in [0.5, 0.6) is 0 Å². The number of hydrogen-bond donors (Lipinski definition) is 3. The SMILES string of the molecule is Cc1cc(F)cc(-c2nccc3[nH]c(-c4n[nH]c5ccc(-c6cncc(CNCc7ccccc7)c6)cc45)nc23)c1. The highest BCUT2D eigenvalue weighted by molar-refractivity contribution is 5.97. The molecule has 7 nitrogen and oxygen atoms in total. The number of H-pyrrole nitrogens is 2. The molecule has 0 aliphatic carbocycles. The van der Waals surface area contributed by atoms with Crippen LogP contribution in [0.1, 0.15) is 16.7 Å². The van der Waals surface area contributed by atoms with Crippen molar-refractivity contribution in [2.24, 2.45) is 0 Å². The number of halogens is 1. The van der Waals surface area contributed by atoms with Gasteiger partial charge in [-0.25, -0.2) is 9.37 Å². The van der Waals surface area contributed by atoms with Crippen molar-refractivity contribution in [3.05, 3.63) is 120 Å². The number of fused-ring (bicyclic) bond motifs is 2. The van der Waals surface area contributed by atoms with Crippen LogP contribution in [0.15, 0.2) is 97.5 Å². The molecule has 4 heterocycles. The van der Waals surface area contributed by atoms with Gasteiger partial charge < -0.3 is 10.3 Å². The fraction of sp³-hybridized carbons (Fsp3) is 0.0909. The van der Waals surface area contributed by atoms with E-state index >= 15 is 0 Å². The van der Waals surface area contributed by atoms with Crippen LogP contribution in [0.4, 0.5) is 4.39 Å². The molecule has 0 aliphatic rings. The second-order valence-corrected chi connectivity index (χ2v) is 10.2. The Hall–Kier alpha value is -5.21. The number of benzene rings is 3. The topological polar surface area (TPSA) is 95.2 Å². The molecule has 200 valence electrons. The first-order valence-corrected chi connectivity index (χ1v) is 13.4. The lowest BCUT2D eigenvalue weighted by molar-refractivity contribution is 0.627.